The van der Waals surface area contributed by atoms with Gasteiger partial charge in [0.05, 0.1) is 0 Å². The van der Waals surface area contributed by atoms with Crippen LogP contribution in [0.4, 0.5) is 0 Å². The summed E-state index contributed by atoms with van der Waals surface area (Å²) in [5.74, 6) is 0.328. The van der Waals surface area contributed by atoms with Gasteiger partial charge in [-0.05, 0) is 38.1 Å². The second-order valence-corrected chi connectivity index (χ2v) is 6.41. The largest absolute Gasteiger partial charge is 0.340 e. The molecule has 0 radical (unpaired) electrons. The molecule has 1 atom stereocenters. The van der Waals surface area contributed by atoms with Crippen molar-refractivity contribution in [1.82, 2.24) is 9.80 Å². The first-order chi connectivity index (χ1) is 9.10. The van der Waals surface area contributed by atoms with Crippen molar-refractivity contribution >= 4 is 5.91 Å². The summed E-state index contributed by atoms with van der Waals surface area (Å²) >= 11 is 0. The predicted octanol–water partition coefficient (Wildman–Crippen LogP) is 1.45. The number of carbonyl (C=O) groups excluding carboxylic acids is 1. The van der Waals surface area contributed by atoms with Gasteiger partial charge in [0, 0.05) is 38.6 Å². The standard InChI is InChI=1S/C15H29N3O/c1-3-13(2)17-7-9-18(10-8-17)14(19)11-15(12-16)5-4-6-15/h13H,3-12,16H2,1-2H3. The quantitative estimate of drug-likeness (QED) is 0.820. The fourth-order valence-electron chi connectivity index (χ4n) is 3.23. The van der Waals surface area contributed by atoms with Gasteiger partial charge >= 0.3 is 0 Å². The van der Waals surface area contributed by atoms with E-state index in [9.17, 15) is 4.79 Å². The Balaban J connectivity index is 1.79. The molecule has 2 rings (SSSR count). The Bertz CT molecular complexity index is 301. The lowest BCUT2D eigenvalue weighted by molar-refractivity contribution is -0.137. The van der Waals surface area contributed by atoms with Crippen molar-refractivity contribution in [2.24, 2.45) is 11.1 Å². The maximum atomic E-state index is 12.4. The van der Waals surface area contributed by atoms with Crippen LogP contribution in [0, 0.1) is 5.41 Å². The number of piperazine rings is 1. The molecule has 2 aliphatic rings. The monoisotopic (exact) mass is 267 g/mol. The molecule has 0 aromatic heterocycles. The van der Waals surface area contributed by atoms with E-state index in [1.54, 1.807) is 0 Å². The SMILES string of the molecule is CCC(C)N1CCN(C(=O)CC2(CN)CCC2)CC1. The second kappa shape index (κ2) is 6.23. The average molecular weight is 267 g/mol. The average Bonchev–Trinajstić information content (AvgIpc) is 2.42. The van der Waals surface area contributed by atoms with E-state index in [1.165, 1.54) is 12.8 Å². The van der Waals surface area contributed by atoms with Crippen LogP contribution in [-0.4, -0.2) is 54.5 Å². The molecule has 1 amide bonds. The summed E-state index contributed by atoms with van der Waals surface area (Å²) in [5, 5.41) is 0. The molecule has 0 spiro atoms. The molecule has 19 heavy (non-hydrogen) atoms. The van der Waals surface area contributed by atoms with Crippen LogP contribution < -0.4 is 5.73 Å². The van der Waals surface area contributed by atoms with Crippen molar-refractivity contribution in [1.29, 1.82) is 0 Å². The van der Waals surface area contributed by atoms with Gasteiger partial charge in [-0.25, -0.2) is 0 Å². The molecular weight excluding hydrogens is 238 g/mol. The smallest absolute Gasteiger partial charge is 0.223 e. The third kappa shape index (κ3) is 3.29. The molecule has 1 unspecified atom stereocenters. The van der Waals surface area contributed by atoms with Gasteiger partial charge in [0.15, 0.2) is 0 Å². The zero-order valence-corrected chi connectivity index (χ0v) is 12.5. The molecule has 0 bridgehead atoms. The number of hydrogen-bond acceptors (Lipinski definition) is 3. The molecule has 1 aliphatic heterocycles. The van der Waals surface area contributed by atoms with Crippen molar-refractivity contribution in [3.05, 3.63) is 0 Å². The van der Waals surface area contributed by atoms with Crippen LogP contribution >= 0.6 is 0 Å². The topological polar surface area (TPSA) is 49.6 Å². The van der Waals surface area contributed by atoms with Gasteiger partial charge in [0.2, 0.25) is 5.91 Å². The number of rotatable bonds is 5. The highest BCUT2D eigenvalue weighted by Crippen LogP contribution is 2.43. The second-order valence-electron chi connectivity index (χ2n) is 6.41. The normalized spacial score (nSPS) is 24.9. The number of hydrogen-bond donors (Lipinski definition) is 1. The Morgan fingerprint density at radius 2 is 1.89 bits per heavy atom. The van der Waals surface area contributed by atoms with E-state index in [-0.39, 0.29) is 5.41 Å². The van der Waals surface area contributed by atoms with Crippen LogP contribution in [0.5, 0.6) is 0 Å². The lowest BCUT2D eigenvalue weighted by Gasteiger charge is -2.43. The van der Waals surface area contributed by atoms with Gasteiger partial charge in [0.1, 0.15) is 0 Å². The van der Waals surface area contributed by atoms with E-state index in [2.05, 4.69) is 23.6 Å². The zero-order valence-electron chi connectivity index (χ0n) is 12.5. The molecule has 2 N–H and O–H groups in total. The molecule has 1 heterocycles. The molecule has 110 valence electrons. The summed E-state index contributed by atoms with van der Waals surface area (Å²) in [7, 11) is 0. The van der Waals surface area contributed by atoms with E-state index in [4.69, 9.17) is 5.73 Å². The minimum absolute atomic E-state index is 0.144. The Kier molecular flexibility index (Phi) is 4.85. The number of nitrogens with two attached hydrogens (primary N) is 1. The lowest BCUT2D eigenvalue weighted by atomic mass is 9.66. The first kappa shape index (κ1) is 14.8. The van der Waals surface area contributed by atoms with Gasteiger partial charge in [-0.1, -0.05) is 13.3 Å². The third-order valence-corrected chi connectivity index (χ3v) is 5.25. The molecule has 4 heteroatoms. The van der Waals surface area contributed by atoms with Crippen molar-refractivity contribution < 1.29 is 4.79 Å². The lowest BCUT2D eigenvalue weighted by Crippen LogP contribution is -2.52. The third-order valence-electron chi connectivity index (χ3n) is 5.25. The van der Waals surface area contributed by atoms with Crippen molar-refractivity contribution in [2.75, 3.05) is 32.7 Å². The maximum Gasteiger partial charge on any atom is 0.223 e. The van der Waals surface area contributed by atoms with Crippen LogP contribution in [0.3, 0.4) is 0 Å². The van der Waals surface area contributed by atoms with Gasteiger partial charge in [-0.15, -0.1) is 0 Å². The number of nitrogens with zero attached hydrogens (tertiary/aromatic N) is 2. The Morgan fingerprint density at radius 1 is 1.26 bits per heavy atom. The summed E-state index contributed by atoms with van der Waals surface area (Å²) < 4.78 is 0. The van der Waals surface area contributed by atoms with Gasteiger partial charge in [-0.2, -0.15) is 0 Å². The molecular formula is C15H29N3O. The highest BCUT2D eigenvalue weighted by molar-refractivity contribution is 5.77. The van der Waals surface area contributed by atoms with Crippen molar-refractivity contribution in [3.63, 3.8) is 0 Å². The van der Waals surface area contributed by atoms with E-state index in [0.29, 0.717) is 24.9 Å². The van der Waals surface area contributed by atoms with Crippen molar-refractivity contribution in [2.45, 2.75) is 52.0 Å². The van der Waals surface area contributed by atoms with Gasteiger partial charge in [0.25, 0.3) is 0 Å². The van der Waals surface area contributed by atoms with Crippen LogP contribution in [0.1, 0.15) is 46.0 Å². The first-order valence-corrected chi connectivity index (χ1v) is 7.82. The Labute approximate surface area is 117 Å². The summed E-state index contributed by atoms with van der Waals surface area (Å²) in [5.41, 5.74) is 5.99. The van der Waals surface area contributed by atoms with Crippen LogP contribution in [-0.2, 0) is 4.79 Å². The van der Waals surface area contributed by atoms with E-state index < -0.39 is 0 Å². The molecule has 1 saturated heterocycles. The summed E-state index contributed by atoms with van der Waals surface area (Å²) in [6.45, 7) is 9.00. The van der Waals surface area contributed by atoms with Crippen LogP contribution in [0.25, 0.3) is 0 Å². The fourth-order valence-corrected chi connectivity index (χ4v) is 3.23. The van der Waals surface area contributed by atoms with E-state index in [1.807, 2.05) is 0 Å². The summed E-state index contributed by atoms with van der Waals surface area (Å²) in [4.78, 5) is 16.9. The molecule has 2 fully saturated rings. The van der Waals surface area contributed by atoms with Crippen LogP contribution in [0.15, 0.2) is 0 Å². The number of amides is 1. The van der Waals surface area contributed by atoms with Gasteiger partial charge < -0.3 is 10.6 Å². The molecule has 0 aromatic rings. The van der Waals surface area contributed by atoms with E-state index >= 15 is 0 Å². The first-order valence-electron chi connectivity index (χ1n) is 7.82. The predicted molar refractivity (Wildman–Crippen MR) is 77.9 cm³/mol. The Morgan fingerprint density at radius 3 is 2.32 bits per heavy atom. The minimum atomic E-state index is 0.144. The minimum Gasteiger partial charge on any atom is -0.340 e. The fraction of sp³-hybridized carbons (Fsp3) is 0.933. The molecule has 4 nitrogen and oxygen atoms in total. The molecule has 1 saturated carbocycles. The highest BCUT2D eigenvalue weighted by Gasteiger charge is 2.39. The molecule has 1 aliphatic carbocycles. The number of carbonyl (C=O) groups is 1. The summed E-state index contributed by atoms with van der Waals surface area (Å²) in [6.07, 6.45) is 5.38. The molecule has 0 aromatic carbocycles. The highest BCUT2D eigenvalue weighted by atomic mass is 16.2. The van der Waals surface area contributed by atoms with Crippen molar-refractivity contribution in [3.8, 4) is 0 Å². The van der Waals surface area contributed by atoms with E-state index in [0.717, 1.165) is 39.0 Å². The van der Waals surface area contributed by atoms with Crippen LogP contribution in [0.2, 0.25) is 0 Å². The zero-order chi connectivity index (χ0) is 13.9. The Hall–Kier alpha value is -0.610. The summed E-state index contributed by atoms with van der Waals surface area (Å²) in [6, 6.07) is 0.638. The maximum absolute atomic E-state index is 12.4. The van der Waals surface area contributed by atoms with Gasteiger partial charge in [-0.3, -0.25) is 9.69 Å².